The van der Waals surface area contributed by atoms with E-state index < -0.39 is 0 Å². The van der Waals surface area contributed by atoms with Gasteiger partial charge in [-0.25, -0.2) is 0 Å². The highest BCUT2D eigenvalue weighted by Crippen LogP contribution is 2.33. The Bertz CT molecular complexity index is 987. The van der Waals surface area contributed by atoms with Crippen LogP contribution in [0, 0.1) is 0 Å². The van der Waals surface area contributed by atoms with Crippen LogP contribution in [0.5, 0.6) is 11.5 Å². The van der Waals surface area contributed by atoms with E-state index in [9.17, 15) is 0 Å². The summed E-state index contributed by atoms with van der Waals surface area (Å²) >= 11 is 12.4. The molecule has 2 aromatic carbocycles. The van der Waals surface area contributed by atoms with E-state index in [1.807, 2.05) is 18.2 Å². The van der Waals surface area contributed by atoms with Gasteiger partial charge in [0.25, 0.3) is 0 Å². The van der Waals surface area contributed by atoms with Crippen LogP contribution in [0.25, 0.3) is 5.70 Å². The van der Waals surface area contributed by atoms with E-state index in [1.54, 1.807) is 19.2 Å². The van der Waals surface area contributed by atoms with Gasteiger partial charge >= 0.3 is 0 Å². The molecule has 0 saturated carbocycles. The summed E-state index contributed by atoms with van der Waals surface area (Å²) in [4.78, 5) is 0. The van der Waals surface area contributed by atoms with Crippen molar-refractivity contribution in [2.45, 2.75) is 19.4 Å². The standard InChI is InChI=1S/C22H19Cl2NO2/c1-26-22-13-15(12-17-9-8-16-4-3-11-25(16)17)7-10-21(22)27-14-18-19(23)5-2-6-20(18)24/h2-7,9-11,13H,8,12,14H2,1H3. The van der Waals surface area contributed by atoms with Gasteiger partial charge in [-0.1, -0.05) is 41.4 Å². The lowest BCUT2D eigenvalue weighted by atomic mass is 10.1. The van der Waals surface area contributed by atoms with Crippen molar-refractivity contribution >= 4 is 28.9 Å². The van der Waals surface area contributed by atoms with Crippen LogP contribution in [0.15, 0.2) is 60.8 Å². The number of rotatable bonds is 6. The summed E-state index contributed by atoms with van der Waals surface area (Å²) < 4.78 is 13.7. The molecule has 0 radical (unpaired) electrons. The molecule has 0 N–H and O–H groups in total. The maximum absolute atomic E-state index is 6.22. The lowest BCUT2D eigenvalue weighted by Gasteiger charge is -2.14. The van der Waals surface area contributed by atoms with Gasteiger partial charge in [-0.3, -0.25) is 0 Å². The van der Waals surface area contributed by atoms with Gasteiger partial charge in [0.1, 0.15) is 6.61 Å². The number of methoxy groups -OCH3 is 1. The van der Waals surface area contributed by atoms with Crippen molar-refractivity contribution in [3.63, 3.8) is 0 Å². The van der Waals surface area contributed by atoms with E-state index >= 15 is 0 Å². The maximum atomic E-state index is 6.22. The van der Waals surface area contributed by atoms with Gasteiger partial charge in [0.2, 0.25) is 0 Å². The number of allylic oxidation sites excluding steroid dienone is 2. The topological polar surface area (TPSA) is 23.4 Å². The Balaban J connectivity index is 1.50. The number of fused-ring (bicyclic) bond motifs is 1. The molecule has 0 fully saturated rings. The molecule has 0 saturated heterocycles. The Hall–Kier alpha value is -2.36. The number of hydrogen-bond donors (Lipinski definition) is 0. The molecule has 1 aliphatic heterocycles. The van der Waals surface area contributed by atoms with Crippen molar-refractivity contribution in [1.29, 1.82) is 0 Å². The van der Waals surface area contributed by atoms with Crippen LogP contribution in [0.1, 0.15) is 16.8 Å². The summed E-state index contributed by atoms with van der Waals surface area (Å²) in [5.41, 5.74) is 4.55. The lowest BCUT2D eigenvalue weighted by molar-refractivity contribution is 0.284. The normalized spacial score (nSPS) is 12.6. The van der Waals surface area contributed by atoms with Gasteiger partial charge in [0.15, 0.2) is 11.5 Å². The second kappa shape index (κ2) is 7.71. The molecule has 3 aromatic rings. The van der Waals surface area contributed by atoms with Gasteiger partial charge in [-0.15, -0.1) is 0 Å². The first-order valence-electron chi connectivity index (χ1n) is 8.74. The molecule has 0 spiro atoms. The molecule has 27 heavy (non-hydrogen) atoms. The molecule has 0 amide bonds. The molecule has 1 aliphatic rings. The van der Waals surface area contributed by atoms with E-state index in [-0.39, 0.29) is 6.61 Å². The Morgan fingerprint density at radius 2 is 1.81 bits per heavy atom. The fourth-order valence-electron chi connectivity index (χ4n) is 3.31. The molecule has 1 aromatic heterocycles. The molecular formula is C22H19Cl2NO2. The number of ether oxygens (including phenoxy) is 2. The van der Waals surface area contributed by atoms with Crippen molar-refractivity contribution in [3.8, 4) is 11.5 Å². The van der Waals surface area contributed by atoms with Crippen molar-refractivity contribution in [1.82, 2.24) is 4.57 Å². The Morgan fingerprint density at radius 3 is 2.59 bits per heavy atom. The minimum atomic E-state index is 0.284. The van der Waals surface area contributed by atoms with E-state index in [0.717, 1.165) is 18.4 Å². The van der Waals surface area contributed by atoms with Crippen LogP contribution in [-0.2, 0) is 19.4 Å². The van der Waals surface area contributed by atoms with Gasteiger partial charge in [0, 0.05) is 46.0 Å². The third kappa shape index (κ3) is 3.71. The second-order valence-corrected chi connectivity index (χ2v) is 7.23. The highest BCUT2D eigenvalue weighted by Gasteiger charge is 2.14. The average molecular weight is 400 g/mol. The SMILES string of the molecule is COc1cc(CC2=CCc3cccn32)ccc1OCc1c(Cl)cccc1Cl. The van der Waals surface area contributed by atoms with Crippen LogP contribution < -0.4 is 9.47 Å². The smallest absolute Gasteiger partial charge is 0.161 e. The minimum Gasteiger partial charge on any atom is -0.493 e. The fraction of sp³-hybridized carbons (Fsp3) is 0.182. The van der Waals surface area contributed by atoms with E-state index in [0.29, 0.717) is 21.5 Å². The van der Waals surface area contributed by atoms with Gasteiger partial charge in [-0.05, 0) is 42.0 Å². The number of hydrogen-bond acceptors (Lipinski definition) is 2. The van der Waals surface area contributed by atoms with Crippen molar-refractivity contribution in [2.75, 3.05) is 7.11 Å². The summed E-state index contributed by atoms with van der Waals surface area (Å²) in [7, 11) is 1.65. The van der Waals surface area contributed by atoms with Crippen molar-refractivity contribution in [3.05, 3.63) is 87.7 Å². The molecule has 0 aliphatic carbocycles. The number of halogens is 2. The van der Waals surface area contributed by atoms with Crippen LogP contribution in [-0.4, -0.2) is 11.7 Å². The first kappa shape index (κ1) is 18.0. The highest BCUT2D eigenvalue weighted by molar-refractivity contribution is 6.35. The zero-order chi connectivity index (χ0) is 18.8. The molecule has 5 heteroatoms. The van der Waals surface area contributed by atoms with Crippen molar-refractivity contribution in [2.24, 2.45) is 0 Å². The molecule has 2 heterocycles. The summed E-state index contributed by atoms with van der Waals surface area (Å²) in [5.74, 6) is 1.36. The van der Waals surface area contributed by atoms with E-state index in [4.69, 9.17) is 32.7 Å². The molecule has 0 atom stereocenters. The summed E-state index contributed by atoms with van der Waals surface area (Å²) in [6.45, 7) is 0.284. The quantitative estimate of drug-likeness (QED) is 0.505. The van der Waals surface area contributed by atoms with Crippen LogP contribution >= 0.6 is 23.2 Å². The Morgan fingerprint density at radius 1 is 1.00 bits per heavy atom. The molecule has 0 unspecified atom stereocenters. The molecule has 138 valence electrons. The zero-order valence-corrected chi connectivity index (χ0v) is 16.4. The first-order chi connectivity index (χ1) is 13.2. The third-order valence-corrected chi connectivity index (χ3v) is 5.44. The second-order valence-electron chi connectivity index (χ2n) is 6.42. The third-order valence-electron chi connectivity index (χ3n) is 4.74. The van der Waals surface area contributed by atoms with Gasteiger partial charge < -0.3 is 14.0 Å². The average Bonchev–Trinajstić information content (AvgIpc) is 3.27. The summed E-state index contributed by atoms with van der Waals surface area (Å²) in [6, 6.07) is 15.7. The number of aromatic nitrogens is 1. The Labute approximate surface area is 168 Å². The molecule has 0 bridgehead atoms. The molecule has 4 rings (SSSR count). The maximum Gasteiger partial charge on any atom is 0.161 e. The van der Waals surface area contributed by atoms with Crippen LogP contribution in [0.2, 0.25) is 10.0 Å². The summed E-state index contributed by atoms with van der Waals surface area (Å²) in [5, 5.41) is 1.18. The summed E-state index contributed by atoms with van der Waals surface area (Å²) in [6.07, 6.45) is 6.20. The lowest BCUT2D eigenvalue weighted by Crippen LogP contribution is -2.01. The highest BCUT2D eigenvalue weighted by atomic mass is 35.5. The van der Waals surface area contributed by atoms with E-state index in [2.05, 4.69) is 35.0 Å². The predicted molar refractivity (Wildman–Crippen MR) is 110 cm³/mol. The van der Waals surface area contributed by atoms with Crippen LogP contribution in [0.4, 0.5) is 0 Å². The number of nitrogens with zero attached hydrogens (tertiary/aromatic N) is 1. The van der Waals surface area contributed by atoms with Gasteiger partial charge in [-0.2, -0.15) is 0 Å². The monoisotopic (exact) mass is 399 g/mol. The van der Waals surface area contributed by atoms with Crippen LogP contribution in [0.3, 0.4) is 0 Å². The first-order valence-corrected chi connectivity index (χ1v) is 9.49. The van der Waals surface area contributed by atoms with Crippen molar-refractivity contribution < 1.29 is 9.47 Å². The molecule has 3 nitrogen and oxygen atoms in total. The fourth-order valence-corrected chi connectivity index (χ4v) is 3.82. The van der Waals surface area contributed by atoms with E-state index in [1.165, 1.54) is 17.0 Å². The largest absolute Gasteiger partial charge is 0.493 e. The number of benzene rings is 2. The minimum absolute atomic E-state index is 0.284. The predicted octanol–water partition coefficient (Wildman–Crippen LogP) is 6.02. The molecular weight excluding hydrogens is 381 g/mol. The Kier molecular flexibility index (Phi) is 5.15. The zero-order valence-electron chi connectivity index (χ0n) is 14.9. The van der Waals surface area contributed by atoms with Gasteiger partial charge in [0.05, 0.1) is 7.11 Å².